The Kier molecular flexibility index (Phi) is 2.92. The summed E-state index contributed by atoms with van der Waals surface area (Å²) in [5.74, 6) is 0. The van der Waals surface area contributed by atoms with E-state index in [-0.39, 0.29) is 6.54 Å². The van der Waals surface area contributed by atoms with E-state index in [1.165, 1.54) is 11.9 Å². The number of amides is 1. The van der Waals surface area contributed by atoms with Crippen molar-refractivity contribution in [3.05, 3.63) is 16.4 Å². The first-order chi connectivity index (χ1) is 6.00. The molecule has 1 rings (SSSR count). The van der Waals surface area contributed by atoms with Gasteiger partial charge in [0.25, 0.3) is 0 Å². The summed E-state index contributed by atoms with van der Waals surface area (Å²) in [5, 5.41) is 12.7. The summed E-state index contributed by atoms with van der Waals surface area (Å²) >= 11 is 3.29. The van der Waals surface area contributed by atoms with E-state index in [9.17, 15) is 4.79 Å². The lowest BCUT2D eigenvalue weighted by atomic mass is 10.4. The minimum Gasteiger partial charge on any atom is -0.465 e. The Balaban J connectivity index is 2.74. The standard InChI is InChI=1S/C7H10BrN3O2/c1-10(7(12)13)4-6-5(8)3-11(2)9-6/h3H,4H2,1-2H3,(H,12,13). The van der Waals surface area contributed by atoms with Crippen LogP contribution in [-0.2, 0) is 13.6 Å². The zero-order valence-electron chi connectivity index (χ0n) is 7.36. The second-order valence-corrected chi connectivity index (χ2v) is 3.59. The molecule has 1 heterocycles. The third-order valence-corrected chi connectivity index (χ3v) is 2.23. The maximum absolute atomic E-state index is 10.5. The first kappa shape index (κ1) is 10.0. The van der Waals surface area contributed by atoms with Crippen molar-refractivity contribution in [2.24, 2.45) is 7.05 Å². The molecule has 1 N–H and O–H groups in total. The van der Waals surface area contributed by atoms with E-state index in [2.05, 4.69) is 21.0 Å². The summed E-state index contributed by atoms with van der Waals surface area (Å²) in [7, 11) is 3.29. The molecule has 1 amide bonds. The lowest BCUT2D eigenvalue weighted by Gasteiger charge is -2.10. The molecule has 0 atom stereocenters. The van der Waals surface area contributed by atoms with Gasteiger partial charge in [-0.25, -0.2) is 4.79 Å². The lowest BCUT2D eigenvalue weighted by molar-refractivity contribution is 0.153. The Morgan fingerprint density at radius 3 is 2.85 bits per heavy atom. The van der Waals surface area contributed by atoms with Gasteiger partial charge in [-0.15, -0.1) is 0 Å². The quantitative estimate of drug-likeness (QED) is 0.857. The number of aryl methyl sites for hydroxylation is 1. The van der Waals surface area contributed by atoms with Gasteiger partial charge < -0.3 is 10.0 Å². The molecule has 0 aliphatic heterocycles. The van der Waals surface area contributed by atoms with Crippen molar-refractivity contribution in [1.29, 1.82) is 0 Å². The van der Waals surface area contributed by atoms with Gasteiger partial charge >= 0.3 is 6.09 Å². The van der Waals surface area contributed by atoms with Crippen molar-refractivity contribution >= 4 is 22.0 Å². The van der Waals surface area contributed by atoms with Gasteiger partial charge in [0.05, 0.1) is 16.7 Å². The van der Waals surface area contributed by atoms with Gasteiger partial charge in [-0.1, -0.05) is 0 Å². The van der Waals surface area contributed by atoms with Crippen LogP contribution >= 0.6 is 15.9 Å². The molecule has 0 bridgehead atoms. The average Bonchev–Trinajstić information content (AvgIpc) is 2.30. The van der Waals surface area contributed by atoms with Crippen molar-refractivity contribution in [2.45, 2.75) is 6.54 Å². The fraction of sp³-hybridized carbons (Fsp3) is 0.429. The Morgan fingerprint density at radius 1 is 1.85 bits per heavy atom. The number of hydrogen-bond donors (Lipinski definition) is 1. The van der Waals surface area contributed by atoms with Crippen molar-refractivity contribution < 1.29 is 9.90 Å². The smallest absolute Gasteiger partial charge is 0.407 e. The topological polar surface area (TPSA) is 58.4 Å². The zero-order valence-corrected chi connectivity index (χ0v) is 8.95. The highest BCUT2D eigenvalue weighted by Gasteiger charge is 2.11. The molecule has 0 aliphatic rings. The van der Waals surface area contributed by atoms with Crippen LogP contribution in [0.25, 0.3) is 0 Å². The number of hydrogen-bond acceptors (Lipinski definition) is 2. The number of nitrogens with zero attached hydrogens (tertiary/aromatic N) is 3. The van der Waals surface area contributed by atoms with Crippen molar-refractivity contribution in [3.63, 3.8) is 0 Å². The van der Waals surface area contributed by atoms with E-state index in [1.54, 1.807) is 17.9 Å². The Labute approximate surface area is 84.1 Å². The van der Waals surface area contributed by atoms with E-state index < -0.39 is 6.09 Å². The van der Waals surface area contributed by atoms with Crippen LogP contribution in [0.5, 0.6) is 0 Å². The molecule has 72 valence electrons. The van der Waals surface area contributed by atoms with E-state index in [1.807, 2.05) is 0 Å². The van der Waals surface area contributed by atoms with Gasteiger partial charge in [0.15, 0.2) is 0 Å². The molecule has 0 unspecified atom stereocenters. The SMILES string of the molecule is CN(Cc1nn(C)cc1Br)C(=O)O. The molecular weight excluding hydrogens is 238 g/mol. The molecular formula is C7H10BrN3O2. The maximum Gasteiger partial charge on any atom is 0.407 e. The third kappa shape index (κ3) is 2.45. The number of carbonyl (C=O) groups is 1. The molecule has 13 heavy (non-hydrogen) atoms. The highest BCUT2D eigenvalue weighted by atomic mass is 79.9. The lowest BCUT2D eigenvalue weighted by Crippen LogP contribution is -2.24. The summed E-state index contributed by atoms with van der Waals surface area (Å²) in [5.41, 5.74) is 0.715. The predicted octanol–water partition coefficient (Wildman–Crippen LogP) is 1.29. The fourth-order valence-electron chi connectivity index (χ4n) is 0.905. The molecule has 0 aromatic carbocycles. The van der Waals surface area contributed by atoms with E-state index in [0.29, 0.717) is 5.69 Å². The molecule has 0 saturated carbocycles. The van der Waals surface area contributed by atoms with E-state index >= 15 is 0 Å². The van der Waals surface area contributed by atoms with Crippen LogP contribution in [0.2, 0.25) is 0 Å². The summed E-state index contributed by atoms with van der Waals surface area (Å²) in [6, 6.07) is 0. The van der Waals surface area contributed by atoms with Gasteiger partial charge in [-0.2, -0.15) is 5.10 Å². The number of rotatable bonds is 2. The normalized spacial score (nSPS) is 10.1. The van der Waals surface area contributed by atoms with Crippen LogP contribution < -0.4 is 0 Å². The van der Waals surface area contributed by atoms with Gasteiger partial charge in [-0.3, -0.25) is 4.68 Å². The first-order valence-corrected chi connectivity index (χ1v) is 4.42. The number of aromatic nitrogens is 2. The van der Waals surface area contributed by atoms with E-state index in [4.69, 9.17) is 5.11 Å². The van der Waals surface area contributed by atoms with Crippen molar-refractivity contribution in [3.8, 4) is 0 Å². The van der Waals surface area contributed by atoms with Crippen LogP contribution in [0.4, 0.5) is 4.79 Å². The van der Waals surface area contributed by atoms with Crippen LogP contribution in [0.15, 0.2) is 10.7 Å². The highest BCUT2D eigenvalue weighted by Crippen LogP contribution is 2.15. The van der Waals surface area contributed by atoms with Crippen LogP contribution in [-0.4, -0.2) is 32.9 Å². The van der Waals surface area contributed by atoms with Crippen molar-refractivity contribution in [2.75, 3.05) is 7.05 Å². The zero-order chi connectivity index (χ0) is 10.0. The Morgan fingerprint density at radius 2 is 2.46 bits per heavy atom. The third-order valence-electron chi connectivity index (χ3n) is 1.57. The molecule has 0 fully saturated rings. The monoisotopic (exact) mass is 247 g/mol. The average molecular weight is 248 g/mol. The molecule has 1 aromatic heterocycles. The summed E-state index contributed by atoms with van der Waals surface area (Å²) in [6.45, 7) is 0.288. The first-order valence-electron chi connectivity index (χ1n) is 3.63. The second-order valence-electron chi connectivity index (χ2n) is 2.74. The van der Waals surface area contributed by atoms with Gasteiger partial charge in [0.2, 0.25) is 0 Å². The minimum atomic E-state index is -0.961. The maximum atomic E-state index is 10.5. The highest BCUT2D eigenvalue weighted by molar-refractivity contribution is 9.10. The molecule has 5 nitrogen and oxygen atoms in total. The number of halogens is 1. The van der Waals surface area contributed by atoms with Crippen LogP contribution in [0, 0.1) is 0 Å². The van der Waals surface area contributed by atoms with Gasteiger partial charge in [0.1, 0.15) is 0 Å². The summed E-state index contributed by atoms with van der Waals surface area (Å²) in [4.78, 5) is 11.7. The summed E-state index contributed by atoms with van der Waals surface area (Å²) in [6.07, 6.45) is 0.822. The predicted molar refractivity (Wildman–Crippen MR) is 50.4 cm³/mol. The fourth-order valence-corrected chi connectivity index (χ4v) is 1.41. The molecule has 0 spiro atoms. The number of carboxylic acid groups (broad SMARTS) is 1. The van der Waals surface area contributed by atoms with Crippen molar-refractivity contribution in [1.82, 2.24) is 14.7 Å². The van der Waals surface area contributed by atoms with Crippen LogP contribution in [0.3, 0.4) is 0 Å². The van der Waals surface area contributed by atoms with Gasteiger partial charge in [-0.05, 0) is 15.9 Å². The summed E-state index contributed by atoms with van der Waals surface area (Å²) < 4.78 is 2.46. The molecule has 0 saturated heterocycles. The van der Waals surface area contributed by atoms with E-state index in [0.717, 1.165) is 4.47 Å². The Bertz CT molecular complexity index is 324. The second kappa shape index (κ2) is 3.78. The molecule has 6 heteroatoms. The molecule has 0 radical (unpaired) electrons. The molecule has 1 aromatic rings. The molecule has 0 aliphatic carbocycles. The van der Waals surface area contributed by atoms with Gasteiger partial charge in [0, 0.05) is 20.3 Å². The minimum absolute atomic E-state index is 0.288. The van der Waals surface area contributed by atoms with Crippen LogP contribution in [0.1, 0.15) is 5.69 Å². The largest absolute Gasteiger partial charge is 0.465 e. The Hall–Kier alpha value is -1.04.